The number of hydrogen-bond acceptors (Lipinski definition) is 3. The summed E-state index contributed by atoms with van der Waals surface area (Å²) in [5, 5.41) is 2.73. The molecule has 0 bridgehead atoms. The predicted molar refractivity (Wildman–Crippen MR) is 91.2 cm³/mol. The lowest BCUT2D eigenvalue weighted by molar-refractivity contribution is -0.111. The average Bonchev–Trinajstić information content (AvgIpc) is 2.55. The maximum absolute atomic E-state index is 11.9. The van der Waals surface area contributed by atoms with Crippen LogP contribution >= 0.6 is 0 Å². The zero-order chi connectivity index (χ0) is 16.7. The van der Waals surface area contributed by atoms with Gasteiger partial charge in [-0.25, -0.2) is 4.79 Å². The SMILES string of the molecule is CCOC(=O)c1cccc(NC(=O)C=Cc2ccc(C)cc2)c1. The first-order valence-electron chi connectivity index (χ1n) is 7.41. The van der Waals surface area contributed by atoms with Gasteiger partial charge in [-0.2, -0.15) is 0 Å². The predicted octanol–water partition coefficient (Wildman–Crippen LogP) is 3.82. The van der Waals surface area contributed by atoms with E-state index in [2.05, 4.69) is 5.32 Å². The largest absolute Gasteiger partial charge is 0.462 e. The Morgan fingerprint density at radius 1 is 1.13 bits per heavy atom. The van der Waals surface area contributed by atoms with E-state index in [1.54, 1.807) is 37.3 Å². The first kappa shape index (κ1) is 16.5. The smallest absolute Gasteiger partial charge is 0.338 e. The van der Waals surface area contributed by atoms with Crippen LogP contribution < -0.4 is 5.32 Å². The summed E-state index contributed by atoms with van der Waals surface area (Å²) in [7, 11) is 0. The Hall–Kier alpha value is -2.88. The minimum absolute atomic E-state index is 0.258. The minimum Gasteiger partial charge on any atom is -0.462 e. The van der Waals surface area contributed by atoms with Crippen LogP contribution in [0.25, 0.3) is 6.08 Å². The molecular weight excluding hydrogens is 290 g/mol. The van der Waals surface area contributed by atoms with Gasteiger partial charge in [-0.15, -0.1) is 0 Å². The molecule has 0 unspecified atom stereocenters. The van der Waals surface area contributed by atoms with Crippen LogP contribution in [-0.2, 0) is 9.53 Å². The fourth-order valence-electron chi connectivity index (χ4n) is 1.97. The second-order valence-corrected chi connectivity index (χ2v) is 5.03. The molecule has 0 aliphatic carbocycles. The summed E-state index contributed by atoms with van der Waals surface area (Å²) in [5.41, 5.74) is 3.08. The van der Waals surface area contributed by atoms with Gasteiger partial charge in [-0.1, -0.05) is 35.9 Å². The second-order valence-electron chi connectivity index (χ2n) is 5.03. The summed E-state index contributed by atoms with van der Waals surface area (Å²) >= 11 is 0. The molecule has 4 nitrogen and oxygen atoms in total. The Balaban J connectivity index is 2.01. The number of esters is 1. The monoisotopic (exact) mass is 309 g/mol. The molecule has 1 amide bonds. The molecule has 0 fully saturated rings. The van der Waals surface area contributed by atoms with E-state index in [0.29, 0.717) is 17.9 Å². The molecule has 0 radical (unpaired) electrons. The van der Waals surface area contributed by atoms with E-state index in [1.165, 1.54) is 11.6 Å². The van der Waals surface area contributed by atoms with E-state index in [9.17, 15) is 9.59 Å². The summed E-state index contributed by atoms with van der Waals surface area (Å²) in [6.45, 7) is 4.07. The van der Waals surface area contributed by atoms with Crippen molar-refractivity contribution in [2.24, 2.45) is 0 Å². The summed E-state index contributed by atoms with van der Waals surface area (Å²) < 4.78 is 4.94. The highest BCUT2D eigenvalue weighted by Crippen LogP contribution is 2.12. The molecule has 2 aromatic rings. The molecule has 0 aliphatic rings. The molecular formula is C19H19NO3. The fraction of sp³-hybridized carbons (Fsp3) is 0.158. The van der Waals surface area contributed by atoms with Crippen LogP contribution in [0.1, 0.15) is 28.4 Å². The van der Waals surface area contributed by atoms with Crippen molar-refractivity contribution >= 4 is 23.6 Å². The second kappa shape index (κ2) is 7.94. The van der Waals surface area contributed by atoms with Gasteiger partial charge in [0.1, 0.15) is 0 Å². The van der Waals surface area contributed by atoms with Crippen molar-refractivity contribution in [2.75, 3.05) is 11.9 Å². The molecule has 0 heterocycles. The normalized spacial score (nSPS) is 10.5. The number of benzene rings is 2. The molecule has 118 valence electrons. The molecule has 2 rings (SSSR count). The van der Waals surface area contributed by atoms with E-state index in [1.807, 2.05) is 31.2 Å². The van der Waals surface area contributed by atoms with E-state index >= 15 is 0 Å². The maximum atomic E-state index is 11.9. The maximum Gasteiger partial charge on any atom is 0.338 e. The van der Waals surface area contributed by atoms with Gasteiger partial charge in [0.15, 0.2) is 0 Å². The van der Waals surface area contributed by atoms with Gasteiger partial charge in [-0.3, -0.25) is 4.79 Å². The highest BCUT2D eigenvalue weighted by Gasteiger charge is 2.07. The van der Waals surface area contributed by atoms with Crippen molar-refractivity contribution in [3.63, 3.8) is 0 Å². The number of rotatable bonds is 5. The number of ether oxygens (including phenoxy) is 1. The number of amides is 1. The summed E-state index contributed by atoms with van der Waals surface area (Å²) in [4.78, 5) is 23.6. The number of carbonyl (C=O) groups excluding carboxylic acids is 2. The van der Waals surface area contributed by atoms with Gasteiger partial charge in [0.25, 0.3) is 0 Å². The highest BCUT2D eigenvalue weighted by molar-refractivity contribution is 6.02. The lowest BCUT2D eigenvalue weighted by Crippen LogP contribution is -2.09. The number of hydrogen-bond donors (Lipinski definition) is 1. The van der Waals surface area contributed by atoms with Crippen molar-refractivity contribution in [2.45, 2.75) is 13.8 Å². The van der Waals surface area contributed by atoms with E-state index < -0.39 is 5.97 Å². The van der Waals surface area contributed by atoms with Gasteiger partial charge in [0, 0.05) is 11.8 Å². The third kappa shape index (κ3) is 5.11. The van der Waals surface area contributed by atoms with Crippen molar-refractivity contribution in [1.29, 1.82) is 0 Å². The fourth-order valence-corrected chi connectivity index (χ4v) is 1.97. The molecule has 2 aromatic carbocycles. The van der Waals surface area contributed by atoms with Crippen molar-refractivity contribution < 1.29 is 14.3 Å². The van der Waals surface area contributed by atoms with Gasteiger partial charge >= 0.3 is 5.97 Å². The zero-order valence-electron chi connectivity index (χ0n) is 13.2. The third-order valence-electron chi connectivity index (χ3n) is 3.15. The molecule has 0 atom stereocenters. The standard InChI is InChI=1S/C19H19NO3/c1-3-23-19(22)16-5-4-6-17(13-16)20-18(21)12-11-15-9-7-14(2)8-10-15/h4-13H,3H2,1-2H3,(H,20,21). The molecule has 0 saturated heterocycles. The topological polar surface area (TPSA) is 55.4 Å². The number of anilines is 1. The molecule has 0 saturated carbocycles. The number of carbonyl (C=O) groups is 2. The first-order valence-corrected chi connectivity index (χ1v) is 7.41. The first-order chi connectivity index (χ1) is 11.1. The molecule has 1 N–H and O–H groups in total. The Morgan fingerprint density at radius 3 is 2.57 bits per heavy atom. The third-order valence-corrected chi connectivity index (χ3v) is 3.15. The van der Waals surface area contributed by atoms with Crippen molar-refractivity contribution in [3.05, 3.63) is 71.3 Å². The van der Waals surface area contributed by atoms with Crippen LogP contribution in [0.15, 0.2) is 54.6 Å². The van der Waals surface area contributed by atoms with E-state index in [0.717, 1.165) is 5.56 Å². The van der Waals surface area contributed by atoms with Crippen LogP contribution in [0.2, 0.25) is 0 Å². The van der Waals surface area contributed by atoms with Gasteiger partial charge in [-0.05, 0) is 43.7 Å². The highest BCUT2D eigenvalue weighted by atomic mass is 16.5. The minimum atomic E-state index is -0.404. The van der Waals surface area contributed by atoms with Crippen molar-refractivity contribution in [3.8, 4) is 0 Å². The van der Waals surface area contributed by atoms with Crippen LogP contribution in [0, 0.1) is 6.92 Å². The Morgan fingerprint density at radius 2 is 1.87 bits per heavy atom. The van der Waals surface area contributed by atoms with Gasteiger partial charge in [0.05, 0.1) is 12.2 Å². The molecule has 4 heteroatoms. The molecule has 0 aromatic heterocycles. The molecule has 23 heavy (non-hydrogen) atoms. The van der Waals surface area contributed by atoms with E-state index in [4.69, 9.17) is 4.74 Å². The zero-order valence-corrected chi connectivity index (χ0v) is 13.2. The summed E-state index contributed by atoms with van der Waals surface area (Å²) in [6.07, 6.45) is 3.20. The average molecular weight is 309 g/mol. The van der Waals surface area contributed by atoms with Crippen molar-refractivity contribution in [1.82, 2.24) is 0 Å². The molecule has 0 aliphatic heterocycles. The van der Waals surface area contributed by atoms with E-state index in [-0.39, 0.29) is 5.91 Å². The van der Waals surface area contributed by atoms with Crippen LogP contribution in [0.5, 0.6) is 0 Å². The lowest BCUT2D eigenvalue weighted by atomic mass is 10.1. The molecule has 0 spiro atoms. The Kier molecular flexibility index (Phi) is 5.69. The Bertz CT molecular complexity index is 718. The van der Waals surface area contributed by atoms with Gasteiger partial charge in [0.2, 0.25) is 5.91 Å². The van der Waals surface area contributed by atoms with Crippen LogP contribution in [-0.4, -0.2) is 18.5 Å². The quantitative estimate of drug-likeness (QED) is 0.674. The van der Waals surface area contributed by atoms with Crippen LogP contribution in [0.4, 0.5) is 5.69 Å². The summed E-state index contributed by atoms with van der Waals surface area (Å²) in [6, 6.07) is 14.5. The lowest BCUT2D eigenvalue weighted by Gasteiger charge is -2.05. The van der Waals surface area contributed by atoms with Crippen LogP contribution in [0.3, 0.4) is 0 Å². The number of nitrogens with one attached hydrogen (secondary N) is 1. The number of aryl methyl sites for hydroxylation is 1. The van der Waals surface area contributed by atoms with Gasteiger partial charge < -0.3 is 10.1 Å². The Labute approximate surface area is 135 Å². The summed E-state index contributed by atoms with van der Waals surface area (Å²) in [5.74, 6) is -0.662.